The minimum absolute atomic E-state index is 0.0954. The van der Waals surface area contributed by atoms with Crippen molar-refractivity contribution in [3.63, 3.8) is 0 Å². The predicted molar refractivity (Wildman–Crippen MR) is 164 cm³/mol. The second-order valence-electron chi connectivity index (χ2n) is 13.9. The Bertz CT molecular complexity index is 1600. The topological polar surface area (TPSA) is 103 Å². The van der Waals surface area contributed by atoms with Gasteiger partial charge in [0.2, 0.25) is 0 Å². The van der Waals surface area contributed by atoms with Crippen LogP contribution in [0.3, 0.4) is 0 Å². The number of carbonyl (C=O) groups is 2. The van der Waals surface area contributed by atoms with Gasteiger partial charge in [0.25, 0.3) is 11.8 Å². The molecule has 46 heavy (non-hydrogen) atoms. The van der Waals surface area contributed by atoms with Crippen molar-refractivity contribution in [3.8, 4) is 16.9 Å². The van der Waals surface area contributed by atoms with Gasteiger partial charge in [-0.1, -0.05) is 0 Å². The number of benzene rings is 1. The van der Waals surface area contributed by atoms with Crippen LogP contribution in [0.4, 0.5) is 19.0 Å². The van der Waals surface area contributed by atoms with Gasteiger partial charge in [0, 0.05) is 57.1 Å². The molecule has 4 saturated carbocycles. The molecular weight excluding hydrogens is 597 g/mol. The lowest BCUT2D eigenvalue weighted by Crippen LogP contribution is -2.51. The van der Waals surface area contributed by atoms with Crippen LogP contribution in [0.15, 0.2) is 48.8 Å². The Balaban J connectivity index is 0.986. The van der Waals surface area contributed by atoms with Crippen molar-refractivity contribution in [1.82, 2.24) is 25.0 Å². The molecule has 1 saturated heterocycles. The summed E-state index contributed by atoms with van der Waals surface area (Å²) >= 11 is 0. The molecule has 2 aromatic heterocycles. The molecule has 0 unspecified atom stereocenters. The van der Waals surface area contributed by atoms with Crippen LogP contribution in [0.5, 0.6) is 5.75 Å². The number of rotatable bonds is 6. The summed E-state index contributed by atoms with van der Waals surface area (Å²) in [5, 5.41) is 18.4. The van der Waals surface area contributed by atoms with Gasteiger partial charge in [-0.05, 0) is 104 Å². The maximum absolute atomic E-state index is 13.7. The van der Waals surface area contributed by atoms with Crippen molar-refractivity contribution >= 4 is 17.6 Å². The molecule has 1 aliphatic heterocycles. The fraction of sp³-hybridized carbons (Fsp3) is 0.500. The highest BCUT2D eigenvalue weighted by Crippen LogP contribution is 2.60. The number of aromatic hydroxyl groups is 1. The molecule has 4 aliphatic carbocycles. The van der Waals surface area contributed by atoms with E-state index in [0.717, 1.165) is 36.4 Å². The van der Waals surface area contributed by atoms with Crippen LogP contribution in [0, 0.1) is 23.2 Å². The number of aromatic nitrogens is 3. The summed E-state index contributed by atoms with van der Waals surface area (Å²) in [5.74, 6) is 2.17. The number of halogens is 3. The SMILES string of the molecule is CN(CC12CC3CC(CC(C3)C1)C2)C(=O)c1ccc(N2CCN(C(=O)c3cc(-c4cncc(O)c4)cc(C(F)(F)F)c3)CC2)nn1. The van der Waals surface area contributed by atoms with Gasteiger partial charge < -0.3 is 19.8 Å². The van der Waals surface area contributed by atoms with Crippen molar-refractivity contribution in [3.05, 3.63) is 65.6 Å². The van der Waals surface area contributed by atoms with Crippen molar-refractivity contribution in [2.24, 2.45) is 23.2 Å². The van der Waals surface area contributed by atoms with Crippen LogP contribution in [0.1, 0.15) is 64.9 Å². The van der Waals surface area contributed by atoms with E-state index in [9.17, 15) is 27.9 Å². The van der Waals surface area contributed by atoms with E-state index < -0.39 is 17.6 Å². The number of amides is 2. The number of nitrogens with zero attached hydrogens (tertiary/aromatic N) is 6. The number of anilines is 1. The Morgan fingerprint density at radius 2 is 1.59 bits per heavy atom. The maximum Gasteiger partial charge on any atom is 0.416 e. The Morgan fingerprint density at radius 3 is 2.17 bits per heavy atom. The molecule has 8 rings (SSSR count). The molecule has 5 fully saturated rings. The van der Waals surface area contributed by atoms with Gasteiger partial charge in [-0.3, -0.25) is 14.6 Å². The van der Waals surface area contributed by atoms with E-state index in [-0.39, 0.29) is 46.9 Å². The van der Waals surface area contributed by atoms with Crippen molar-refractivity contribution in [2.75, 3.05) is 44.7 Å². The molecule has 0 radical (unpaired) electrons. The lowest BCUT2D eigenvalue weighted by atomic mass is 9.49. The fourth-order valence-electron chi connectivity index (χ4n) is 8.85. The van der Waals surface area contributed by atoms with Crippen molar-refractivity contribution in [2.45, 2.75) is 44.7 Å². The number of hydrogen-bond donors (Lipinski definition) is 1. The first kappa shape index (κ1) is 30.4. The molecule has 2 amide bonds. The number of alkyl halides is 3. The van der Waals surface area contributed by atoms with Gasteiger partial charge in [-0.25, -0.2) is 0 Å². The molecule has 5 aliphatic rings. The van der Waals surface area contributed by atoms with Gasteiger partial charge in [0.1, 0.15) is 5.75 Å². The van der Waals surface area contributed by atoms with E-state index in [4.69, 9.17) is 0 Å². The summed E-state index contributed by atoms with van der Waals surface area (Å²) in [6, 6.07) is 7.95. The second-order valence-corrected chi connectivity index (χ2v) is 13.9. The van der Waals surface area contributed by atoms with E-state index >= 15 is 0 Å². The third-order valence-corrected chi connectivity index (χ3v) is 10.4. The summed E-state index contributed by atoms with van der Waals surface area (Å²) in [5.41, 5.74) is -0.114. The van der Waals surface area contributed by atoms with Gasteiger partial charge in [0.15, 0.2) is 11.5 Å². The molecule has 9 nitrogen and oxygen atoms in total. The van der Waals surface area contributed by atoms with Crippen LogP contribution in [0.2, 0.25) is 0 Å². The zero-order valence-corrected chi connectivity index (χ0v) is 25.7. The average Bonchev–Trinajstić information content (AvgIpc) is 3.03. The quantitative estimate of drug-likeness (QED) is 0.381. The largest absolute Gasteiger partial charge is 0.506 e. The summed E-state index contributed by atoms with van der Waals surface area (Å²) < 4.78 is 41.2. The third-order valence-electron chi connectivity index (χ3n) is 10.4. The molecule has 4 bridgehead atoms. The smallest absolute Gasteiger partial charge is 0.416 e. The molecule has 242 valence electrons. The van der Waals surface area contributed by atoms with Gasteiger partial charge in [-0.15, -0.1) is 10.2 Å². The van der Waals surface area contributed by atoms with Crippen LogP contribution < -0.4 is 4.90 Å². The number of piperazine rings is 1. The number of carbonyl (C=O) groups excluding carboxylic acids is 2. The molecule has 3 aromatic rings. The zero-order chi connectivity index (χ0) is 32.2. The van der Waals surface area contributed by atoms with Gasteiger partial charge >= 0.3 is 6.18 Å². The Hall–Kier alpha value is -4.22. The standard InChI is InChI=1S/C34H37F3N6O3/c1-41(20-33-15-21-8-22(16-33)10-23(9-21)17-33)32(46)29-2-3-30(40-39-29)42-4-6-43(7-5-42)31(45)25-11-24(12-27(13-25)34(35,36)37)26-14-28(44)19-38-18-26/h2-3,11-14,18-19,21-23,44H,4-10,15-17,20H2,1H3. The lowest BCUT2D eigenvalue weighted by molar-refractivity contribution is -0.137. The second kappa shape index (κ2) is 11.5. The average molecular weight is 635 g/mol. The highest BCUT2D eigenvalue weighted by atomic mass is 19.4. The van der Waals surface area contributed by atoms with E-state index in [1.165, 1.54) is 68.0 Å². The van der Waals surface area contributed by atoms with Crippen molar-refractivity contribution < 1.29 is 27.9 Å². The van der Waals surface area contributed by atoms with Crippen LogP contribution in [-0.4, -0.2) is 81.7 Å². The fourth-order valence-corrected chi connectivity index (χ4v) is 8.85. The first-order valence-corrected chi connectivity index (χ1v) is 15.9. The maximum atomic E-state index is 13.7. The molecule has 1 aromatic carbocycles. The monoisotopic (exact) mass is 634 g/mol. The normalized spacial score (nSPS) is 25.5. The molecular formula is C34H37F3N6O3. The number of pyridine rings is 1. The first-order chi connectivity index (χ1) is 21.9. The summed E-state index contributed by atoms with van der Waals surface area (Å²) in [6.07, 6.45) is 5.59. The van der Waals surface area contributed by atoms with Crippen LogP contribution >= 0.6 is 0 Å². The van der Waals surface area contributed by atoms with E-state index in [0.29, 0.717) is 24.6 Å². The summed E-state index contributed by atoms with van der Waals surface area (Å²) in [6.45, 7) is 2.11. The zero-order valence-electron chi connectivity index (χ0n) is 25.7. The number of hydrogen-bond acceptors (Lipinski definition) is 7. The molecule has 12 heteroatoms. The van der Waals surface area contributed by atoms with Crippen molar-refractivity contribution in [1.29, 1.82) is 0 Å². The van der Waals surface area contributed by atoms with E-state index in [1.807, 2.05) is 16.8 Å². The first-order valence-electron chi connectivity index (χ1n) is 15.9. The molecule has 3 heterocycles. The minimum atomic E-state index is -4.66. The highest BCUT2D eigenvalue weighted by Gasteiger charge is 2.51. The molecule has 0 spiro atoms. The Morgan fingerprint density at radius 1 is 0.913 bits per heavy atom. The van der Waals surface area contributed by atoms with Gasteiger partial charge in [0.05, 0.1) is 11.8 Å². The third kappa shape index (κ3) is 6.01. The minimum Gasteiger partial charge on any atom is -0.506 e. The van der Waals surface area contributed by atoms with Crippen LogP contribution in [-0.2, 0) is 6.18 Å². The molecule has 0 atom stereocenters. The highest BCUT2D eigenvalue weighted by molar-refractivity contribution is 5.96. The van der Waals surface area contributed by atoms with E-state index in [1.54, 1.807) is 12.1 Å². The Kier molecular flexibility index (Phi) is 7.64. The predicted octanol–water partition coefficient (Wildman–Crippen LogP) is 5.51. The lowest BCUT2D eigenvalue weighted by Gasteiger charge is -2.57. The Labute approximate surface area is 265 Å². The van der Waals surface area contributed by atoms with E-state index in [2.05, 4.69) is 15.2 Å². The molecule has 1 N–H and O–H groups in total. The van der Waals surface area contributed by atoms with Gasteiger partial charge in [-0.2, -0.15) is 13.2 Å². The summed E-state index contributed by atoms with van der Waals surface area (Å²) in [4.78, 5) is 35.8. The summed E-state index contributed by atoms with van der Waals surface area (Å²) in [7, 11) is 1.86. The van der Waals surface area contributed by atoms with Crippen LogP contribution in [0.25, 0.3) is 11.1 Å².